The molecule has 0 radical (unpaired) electrons. The molecular weight excluding hydrogens is 258 g/mol. The van der Waals surface area contributed by atoms with Crippen molar-refractivity contribution in [2.45, 2.75) is 12.5 Å². The van der Waals surface area contributed by atoms with Gasteiger partial charge in [-0.25, -0.2) is 8.78 Å². The molecule has 0 aromatic heterocycles. The van der Waals surface area contributed by atoms with Crippen molar-refractivity contribution in [2.24, 2.45) is 0 Å². The molecule has 0 aliphatic heterocycles. The fraction of sp³-hybridized carbons (Fsp3) is 0.143. The molecule has 0 heterocycles. The zero-order valence-electron chi connectivity index (χ0n) is 9.50. The minimum atomic E-state index is -0.604. The Labute approximate surface area is 109 Å². The average Bonchev–Trinajstić information content (AvgIpc) is 2.39. The highest BCUT2D eigenvalue weighted by molar-refractivity contribution is 6.17. The van der Waals surface area contributed by atoms with Crippen LogP contribution < -0.4 is 4.74 Å². The van der Waals surface area contributed by atoms with Crippen molar-refractivity contribution < 1.29 is 13.5 Å². The summed E-state index contributed by atoms with van der Waals surface area (Å²) in [6.07, 6.45) is 0. The Balaban J connectivity index is 2.06. The summed E-state index contributed by atoms with van der Waals surface area (Å²) in [4.78, 5) is 0. The Morgan fingerprint density at radius 2 is 1.56 bits per heavy atom. The highest BCUT2D eigenvalue weighted by Crippen LogP contribution is 2.18. The van der Waals surface area contributed by atoms with E-state index in [9.17, 15) is 8.78 Å². The van der Waals surface area contributed by atoms with Crippen LogP contribution in [0.25, 0.3) is 0 Å². The molecule has 0 fully saturated rings. The molecule has 0 unspecified atom stereocenters. The van der Waals surface area contributed by atoms with Crippen LogP contribution in [0.3, 0.4) is 0 Å². The van der Waals surface area contributed by atoms with Gasteiger partial charge in [-0.1, -0.05) is 18.2 Å². The Bertz CT molecular complexity index is 506. The first-order valence-electron chi connectivity index (χ1n) is 5.41. The molecule has 18 heavy (non-hydrogen) atoms. The molecule has 2 rings (SSSR count). The number of rotatable bonds is 4. The van der Waals surface area contributed by atoms with Crippen molar-refractivity contribution in [1.29, 1.82) is 0 Å². The first-order valence-corrected chi connectivity index (χ1v) is 5.95. The average molecular weight is 269 g/mol. The van der Waals surface area contributed by atoms with Crippen LogP contribution in [0.15, 0.2) is 42.5 Å². The maximum Gasteiger partial charge on any atom is 0.132 e. The lowest BCUT2D eigenvalue weighted by Gasteiger charge is -2.08. The first-order chi connectivity index (χ1) is 8.70. The molecule has 0 spiro atoms. The number of hydrogen-bond acceptors (Lipinski definition) is 1. The Morgan fingerprint density at radius 3 is 2.11 bits per heavy atom. The summed E-state index contributed by atoms with van der Waals surface area (Å²) in [7, 11) is 0. The SMILES string of the molecule is Fc1cccc(F)c1COc1ccc(CCl)cc1. The van der Waals surface area contributed by atoms with E-state index in [1.54, 1.807) is 24.3 Å². The third-order valence-electron chi connectivity index (χ3n) is 2.52. The zero-order valence-corrected chi connectivity index (χ0v) is 10.3. The van der Waals surface area contributed by atoms with Crippen LogP contribution in [0.5, 0.6) is 5.75 Å². The summed E-state index contributed by atoms with van der Waals surface area (Å²) in [5.74, 6) is -0.242. The van der Waals surface area contributed by atoms with E-state index in [0.29, 0.717) is 11.6 Å². The van der Waals surface area contributed by atoms with E-state index in [-0.39, 0.29) is 12.2 Å². The van der Waals surface area contributed by atoms with Gasteiger partial charge in [0, 0.05) is 5.88 Å². The Morgan fingerprint density at radius 1 is 0.944 bits per heavy atom. The number of alkyl halides is 1. The summed E-state index contributed by atoms with van der Waals surface area (Å²) < 4.78 is 32.0. The van der Waals surface area contributed by atoms with Gasteiger partial charge in [-0.2, -0.15) is 0 Å². The predicted octanol–water partition coefficient (Wildman–Crippen LogP) is 4.28. The third kappa shape index (κ3) is 2.99. The van der Waals surface area contributed by atoms with Crippen LogP contribution in [-0.4, -0.2) is 0 Å². The molecule has 0 saturated carbocycles. The number of ether oxygens (including phenoxy) is 1. The van der Waals surface area contributed by atoms with Crippen LogP contribution in [0.4, 0.5) is 8.78 Å². The molecule has 0 N–H and O–H groups in total. The fourth-order valence-corrected chi connectivity index (χ4v) is 1.68. The summed E-state index contributed by atoms with van der Waals surface area (Å²) in [5.41, 5.74) is 0.889. The highest BCUT2D eigenvalue weighted by atomic mass is 35.5. The van der Waals surface area contributed by atoms with E-state index in [1.165, 1.54) is 18.2 Å². The zero-order chi connectivity index (χ0) is 13.0. The summed E-state index contributed by atoms with van der Waals surface area (Å²) in [5, 5.41) is 0. The van der Waals surface area contributed by atoms with Gasteiger partial charge >= 0.3 is 0 Å². The number of hydrogen-bond donors (Lipinski definition) is 0. The van der Waals surface area contributed by atoms with Crippen molar-refractivity contribution in [3.8, 4) is 5.75 Å². The van der Waals surface area contributed by atoms with E-state index in [1.807, 2.05) is 0 Å². The molecule has 1 nitrogen and oxygen atoms in total. The normalized spacial score (nSPS) is 10.4. The van der Waals surface area contributed by atoms with Crippen molar-refractivity contribution in [2.75, 3.05) is 0 Å². The van der Waals surface area contributed by atoms with E-state index >= 15 is 0 Å². The van der Waals surface area contributed by atoms with Gasteiger partial charge in [-0.3, -0.25) is 0 Å². The quantitative estimate of drug-likeness (QED) is 0.752. The standard InChI is InChI=1S/C14H11ClF2O/c15-8-10-4-6-11(7-5-10)18-9-12-13(16)2-1-3-14(12)17/h1-7H,8-9H2. The largest absolute Gasteiger partial charge is 0.489 e. The van der Waals surface area contributed by atoms with Crippen molar-refractivity contribution in [1.82, 2.24) is 0 Å². The van der Waals surface area contributed by atoms with Gasteiger partial charge in [0.05, 0.1) is 5.56 Å². The molecule has 0 atom stereocenters. The molecule has 4 heteroatoms. The molecule has 94 valence electrons. The van der Waals surface area contributed by atoms with E-state index < -0.39 is 11.6 Å². The molecule has 2 aromatic carbocycles. The van der Waals surface area contributed by atoms with Gasteiger partial charge in [0.1, 0.15) is 24.0 Å². The molecule has 0 aliphatic rings. The summed E-state index contributed by atoms with van der Waals surface area (Å²) in [6, 6.07) is 10.8. The second-order valence-electron chi connectivity index (χ2n) is 3.77. The second-order valence-corrected chi connectivity index (χ2v) is 4.03. The van der Waals surface area contributed by atoms with Crippen LogP contribution >= 0.6 is 11.6 Å². The van der Waals surface area contributed by atoms with Crippen molar-refractivity contribution >= 4 is 11.6 Å². The summed E-state index contributed by atoms with van der Waals surface area (Å²) >= 11 is 5.65. The van der Waals surface area contributed by atoms with Crippen LogP contribution in [-0.2, 0) is 12.5 Å². The molecular formula is C14H11ClF2O. The number of benzene rings is 2. The van der Waals surface area contributed by atoms with E-state index in [2.05, 4.69) is 0 Å². The van der Waals surface area contributed by atoms with Gasteiger partial charge in [0.2, 0.25) is 0 Å². The van der Waals surface area contributed by atoms with Crippen molar-refractivity contribution in [3.63, 3.8) is 0 Å². The molecule has 0 saturated heterocycles. The molecule has 0 amide bonds. The van der Waals surface area contributed by atoms with E-state index in [4.69, 9.17) is 16.3 Å². The van der Waals surface area contributed by atoms with Crippen molar-refractivity contribution in [3.05, 3.63) is 65.2 Å². The Hall–Kier alpha value is -1.61. The lowest BCUT2D eigenvalue weighted by Crippen LogP contribution is -2.01. The fourth-order valence-electron chi connectivity index (χ4n) is 1.50. The van der Waals surface area contributed by atoms with Gasteiger partial charge < -0.3 is 4.74 Å². The second kappa shape index (κ2) is 5.83. The van der Waals surface area contributed by atoms with Gasteiger partial charge in [-0.05, 0) is 29.8 Å². The molecule has 0 bridgehead atoms. The predicted molar refractivity (Wildman–Crippen MR) is 66.7 cm³/mol. The third-order valence-corrected chi connectivity index (χ3v) is 2.83. The van der Waals surface area contributed by atoms with Crippen LogP contribution in [0.1, 0.15) is 11.1 Å². The summed E-state index contributed by atoms with van der Waals surface area (Å²) in [6.45, 7) is -0.140. The maximum absolute atomic E-state index is 13.3. The van der Waals surface area contributed by atoms with Crippen LogP contribution in [0, 0.1) is 11.6 Å². The highest BCUT2D eigenvalue weighted by Gasteiger charge is 2.08. The number of halogens is 3. The lowest BCUT2D eigenvalue weighted by molar-refractivity contribution is 0.292. The van der Waals surface area contributed by atoms with E-state index in [0.717, 1.165) is 5.56 Å². The minimum Gasteiger partial charge on any atom is -0.489 e. The van der Waals surface area contributed by atoms with Gasteiger partial charge in [0.15, 0.2) is 0 Å². The topological polar surface area (TPSA) is 9.23 Å². The monoisotopic (exact) mass is 268 g/mol. The first kappa shape index (κ1) is 12.8. The minimum absolute atomic E-state index is 0.0704. The van der Waals surface area contributed by atoms with Gasteiger partial charge in [-0.15, -0.1) is 11.6 Å². The maximum atomic E-state index is 13.3. The molecule has 0 aliphatic carbocycles. The Kier molecular flexibility index (Phi) is 4.15. The smallest absolute Gasteiger partial charge is 0.132 e. The van der Waals surface area contributed by atoms with Gasteiger partial charge in [0.25, 0.3) is 0 Å². The lowest BCUT2D eigenvalue weighted by atomic mass is 10.2. The molecule has 2 aromatic rings. The van der Waals surface area contributed by atoms with Crippen LogP contribution in [0.2, 0.25) is 0 Å².